The van der Waals surface area contributed by atoms with Crippen LogP contribution in [0.15, 0.2) is 60.7 Å². The van der Waals surface area contributed by atoms with E-state index in [2.05, 4.69) is 0 Å². The smallest absolute Gasteiger partial charge is 0.434 e. The molecule has 0 saturated carbocycles. The molecule has 0 fully saturated rings. The van der Waals surface area contributed by atoms with E-state index in [4.69, 9.17) is 14.2 Å². The van der Waals surface area contributed by atoms with Crippen molar-refractivity contribution in [3.8, 4) is 0 Å². The fourth-order valence-electron chi connectivity index (χ4n) is 1.76. The van der Waals surface area contributed by atoms with Crippen molar-refractivity contribution in [1.29, 1.82) is 0 Å². The van der Waals surface area contributed by atoms with Gasteiger partial charge in [-0.05, 0) is 11.1 Å². The van der Waals surface area contributed by atoms with Gasteiger partial charge in [-0.15, -0.1) is 0 Å². The topological polar surface area (TPSA) is 44.8 Å². The van der Waals surface area contributed by atoms with Gasteiger partial charge in [0, 0.05) is 6.42 Å². The quantitative estimate of drug-likeness (QED) is 0.443. The van der Waals surface area contributed by atoms with E-state index < -0.39 is 6.16 Å². The molecule has 0 atom stereocenters. The van der Waals surface area contributed by atoms with Crippen molar-refractivity contribution in [2.45, 2.75) is 13.0 Å². The van der Waals surface area contributed by atoms with Gasteiger partial charge in [-0.25, -0.2) is 4.79 Å². The Morgan fingerprint density at radius 1 is 0.810 bits per heavy atom. The lowest BCUT2D eigenvalue weighted by Crippen LogP contribution is -2.12. The molecule has 0 N–H and O–H groups in total. The molecule has 0 radical (unpaired) electrons. The van der Waals surface area contributed by atoms with Crippen molar-refractivity contribution in [3.63, 3.8) is 0 Å². The highest BCUT2D eigenvalue weighted by Crippen LogP contribution is 2.02. The number of carbonyl (C=O) groups is 1. The monoisotopic (exact) mass is 286 g/mol. The second-order valence-corrected chi connectivity index (χ2v) is 4.43. The molecule has 2 rings (SSSR count). The summed E-state index contributed by atoms with van der Waals surface area (Å²) in [5.74, 6) is 0. The third-order valence-corrected chi connectivity index (χ3v) is 2.83. The molecule has 4 nitrogen and oxygen atoms in total. The lowest BCUT2D eigenvalue weighted by Gasteiger charge is -2.07. The van der Waals surface area contributed by atoms with Gasteiger partial charge < -0.3 is 14.2 Å². The van der Waals surface area contributed by atoms with Crippen LogP contribution in [0.1, 0.15) is 11.1 Å². The predicted octanol–water partition coefficient (Wildman–Crippen LogP) is 3.56. The highest BCUT2D eigenvalue weighted by molar-refractivity contribution is 5.59. The first-order valence-corrected chi connectivity index (χ1v) is 6.80. The SMILES string of the molecule is O=C(OCCc1ccccc1)OCOCc1ccccc1. The van der Waals surface area contributed by atoms with Crippen molar-refractivity contribution in [2.75, 3.05) is 13.4 Å². The fraction of sp³-hybridized carbons (Fsp3) is 0.235. The average Bonchev–Trinajstić information content (AvgIpc) is 2.54. The standard InChI is InChI=1S/C17H18O4/c18-17(20-12-11-15-7-3-1-4-8-15)21-14-19-13-16-9-5-2-6-10-16/h1-10H,11-14H2. The third-order valence-electron chi connectivity index (χ3n) is 2.83. The van der Waals surface area contributed by atoms with Gasteiger partial charge in [-0.2, -0.15) is 0 Å². The van der Waals surface area contributed by atoms with E-state index in [1.165, 1.54) is 0 Å². The summed E-state index contributed by atoms with van der Waals surface area (Å²) in [6.45, 7) is 0.582. The van der Waals surface area contributed by atoms with E-state index in [1.807, 2.05) is 60.7 Å². The first-order chi connectivity index (χ1) is 10.3. The minimum atomic E-state index is -0.709. The highest BCUT2D eigenvalue weighted by Gasteiger charge is 2.03. The number of ether oxygens (including phenoxy) is 3. The first-order valence-electron chi connectivity index (χ1n) is 6.80. The van der Waals surface area contributed by atoms with Gasteiger partial charge in [0.2, 0.25) is 0 Å². The highest BCUT2D eigenvalue weighted by atomic mass is 16.8. The van der Waals surface area contributed by atoms with E-state index in [0.717, 1.165) is 11.1 Å². The summed E-state index contributed by atoms with van der Waals surface area (Å²) >= 11 is 0. The van der Waals surface area contributed by atoms with Crippen LogP contribution in [0, 0.1) is 0 Å². The van der Waals surface area contributed by atoms with Crippen LogP contribution in [0.3, 0.4) is 0 Å². The lowest BCUT2D eigenvalue weighted by molar-refractivity contribution is -0.0509. The summed E-state index contributed by atoms with van der Waals surface area (Å²) < 4.78 is 15.0. The molecule has 0 aliphatic carbocycles. The predicted molar refractivity (Wildman–Crippen MR) is 78.7 cm³/mol. The van der Waals surface area contributed by atoms with E-state index in [1.54, 1.807) is 0 Å². The number of hydrogen-bond donors (Lipinski definition) is 0. The van der Waals surface area contributed by atoms with Crippen LogP contribution in [0.5, 0.6) is 0 Å². The number of rotatable bonds is 7. The fourth-order valence-corrected chi connectivity index (χ4v) is 1.76. The van der Waals surface area contributed by atoms with E-state index in [-0.39, 0.29) is 6.79 Å². The van der Waals surface area contributed by atoms with E-state index in [9.17, 15) is 4.79 Å². The summed E-state index contributed by atoms with van der Waals surface area (Å²) in [5.41, 5.74) is 2.14. The van der Waals surface area contributed by atoms with Crippen molar-refractivity contribution < 1.29 is 19.0 Å². The van der Waals surface area contributed by atoms with Gasteiger partial charge in [-0.3, -0.25) is 0 Å². The summed E-state index contributed by atoms with van der Waals surface area (Å²) in [6, 6.07) is 19.5. The summed E-state index contributed by atoms with van der Waals surface area (Å²) in [4.78, 5) is 11.3. The zero-order valence-corrected chi connectivity index (χ0v) is 11.7. The van der Waals surface area contributed by atoms with Gasteiger partial charge in [0.1, 0.15) is 0 Å². The van der Waals surface area contributed by atoms with E-state index in [0.29, 0.717) is 19.6 Å². The largest absolute Gasteiger partial charge is 0.510 e. The lowest BCUT2D eigenvalue weighted by atomic mass is 10.2. The van der Waals surface area contributed by atoms with Crippen LogP contribution in [0.25, 0.3) is 0 Å². The molecular formula is C17H18O4. The molecule has 0 bridgehead atoms. The van der Waals surface area contributed by atoms with Crippen LogP contribution in [0.2, 0.25) is 0 Å². The number of carbonyl (C=O) groups excluding carboxylic acids is 1. The van der Waals surface area contributed by atoms with Crippen molar-refractivity contribution in [2.24, 2.45) is 0 Å². The van der Waals surface area contributed by atoms with Crippen LogP contribution in [0.4, 0.5) is 4.79 Å². The Labute approximate surface area is 124 Å². The normalized spacial score (nSPS) is 10.1. The zero-order chi connectivity index (χ0) is 14.8. The number of benzene rings is 2. The van der Waals surface area contributed by atoms with Gasteiger partial charge >= 0.3 is 6.16 Å². The van der Waals surface area contributed by atoms with Crippen LogP contribution >= 0.6 is 0 Å². The Morgan fingerprint density at radius 3 is 2.10 bits per heavy atom. The zero-order valence-electron chi connectivity index (χ0n) is 11.7. The molecule has 4 heteroatoms. The molecule has 110 valence electrons. The third kappa shape index (κ3) is 6.10. The van der Waals surface area contributed by atoms with Crippen molar-refractivity contribution in [1.82, 2.24) is 0 Å². The molecule has 0 amide bonds. The minimum absolute atomic E-state index is 0.112. The van der Waals surface area contributed by atoms with Crippen LogP contribution < -0.4 is 0 Å². The Morgan fingerprint density at radius 2 is 1.43 bits per heavy atom. The minimum Gasteiger partial charge on any atom is -0.434 e. The van der Waals surface area contributed by atoms with Crippen LogP contribution in [-0.2, 0) is 27.2 Å². The molecule has 0 heterocycles. The summed E-state index contributed by atoms with van der Waals surface area (Å²) in [5, 5.41) is 0. The molecule has 0 aromatic heterocycles. The van der Waals surface area contributed by atoms with Gasteiger partial charge in [0.05, 0.1) is 13.2 Å². The second-order valence-electron chi connectivity index (χ2n) is 4.43. The maximum Gasteiger partial charge on any atom is 0.510 e. The Kier molecular flexibility index (Phi) is 6.29. The maximum atomic E-state index is 11.3. The van der Waals surface area contributed by atoms with Gasteiger partial charge in [0.25, 0.3) is 0 Å². The first kappa shape index (κ1) is 15.1. The molecule has 0 aliphatic heterocycles. The average molecular weight is 286 g/mol. The molecule has 2 aromatic rings. The molecule has 21 heavy (non-hydrogen) atoms. The Hall–Kier alpha value is -2.33. The Bertz CT molecular complexity index is 525. The molecular weight excluding hydrogens is 268 g/mol. The number of hydrogen-bond acceptors (Lipinski definition) is 4. The van der Waals surface area contributed by atoms with E-state index >= 15 is 0 Å². The summed E-state index contributed by atoms with van der Waals surface area (Å²) in [7, 11) is 0. The van der Waals surface area contributed by atoms with Crippen molar-refractivity contribution in [3.05, 3.63) is 71.8 Å². The Balaban J connectivity index is 1.54. The molecule has 2 aromatic carbocycles. The molecule has 0 saturated heterocycles. The summed E-state index contributed by atoms with van der Waals surface area (Å²) in [6.07, 6.45) is -0.0418. The van der Waals surface area contributed by atoms with Gasteiger partial charge in [0.15, 0.2) is 6.79 Å². The van der Waals surface area contributed by atoms with Gasteiger partial charge in [-0.1, -0.05) is 60.7 Å². The van der Waals surface area contributed by atoms with Crippen LogP contribution in [-0.4, -0.2) is 19.6 Å². The maximum absolute atomic E-state index is 11.3. The second kappa shape index (κ2) is 8.76. The molecule has 0 aliphatic rings. The van der Waals surface area contributed by atoms with Crippen molar-refractivity contribution >= 4 is 6.16 Å². The molecule has 0 spiro atoms. The molecule has 0 unspecified atom stereocenters.